The maximum absolute atomic E-state index is 13.0. The van der Waals surface area contributed by atoms with Crippen LogP contribution in [0.3, 0.4) is 0 Å². The van der Waals surface area contributed by atoms with E-state index in [1.165, 1.54) is 6.42 Å². The Bertz CT molecular complexity index is 1150. The third kappa shape index (κ3) is 3.48. The van der Waals surface area contributed by atoms with Gasteiger partial charge in [-0.2, -0.15) is 9.97 Å². The number of fused-ring (bicyclic) bond motifs is 2. The molecule has 3 aromatic rings. The Labute approximate surface area is 182 Å². The average Bonchev–Trinajstić information content (AvgIpc) is 2.78. The normalized spacial score (nSPS) is 16.5. The van der Waals surface area contributed by atoms with Crippen molar-refractivity contribution in [3.63, 3.8) is 0 Å². The lowest BCUT2D eigenvalue weighted by Crippen LogP contribution is -2.31. The minimum atomic E-state index is 0.127. The van der Waals surface area contributed by atoms with Crippen LogP contribution in [-0.2, 0) is 6.42 Å². The van der Waals surface area contributed by atoms with Crippen molar-refractivity contribution in [1.29, 1.82) is 0 Å². The van der Waals surface area contributed by atoms with Crippen molar-refractivity contribution in [2.45, 2.75) is 38.5 Å². The zero-order valence-corrected chi connectivity index (χ0v) is 18.2. The molecule has 0 saturated carbocycles. The minimum absolute atomic E-state index is 0.127. The lowest BCUT2D eigenvalue weighted by Gasteiger charge is -2.27. The smallest absolute Gasteiger partial charge is 0.229 e. The van der Waals surface area contributed by atoms with Crippen molar-refractivity contribution in [3.05, 3.63) is 35.5 Å². The van der Waals surface area contributed by atoms with Gasteiger partial charge < -0.3 is 15.5 Å². The summed E-state index contributed by atoms with van der Waals surface area (Å²) in [4.78, 5) is 31.6. The summed E-state index contributed by atoms with van der Waals surface area (Å²) in [5, 5.41) is 0.687. The zero-order valence-electron chi connectivity index (χ0n) is 18.2. The summed E-state index contributed by atoms with van der Waals surface area (Å²) >= 11 is 0. The van der Waals surface area contributed by atoms with Crippen LogP contribution in [0, 0.1) is 0 Å². The molecular weight excluding hydrogens is 388 g/mol. The first-order chi connectivity index (χ1) is 15.0. The number of hydrogen-bond acceptors (Lipinski definition) is 7. The molecule has 2 N–H and O–H groups in total. The van der Waals surface area contributed by atoms with Crippen molar-refractivity contribution >= 4 is 34.3 Å². The average molecular weight is 417 g/mol. The first-order valence-electron chi connectivity index (χ1n) is 11.1. The second-order valence-corrected chi connectivity index (χ2v) is 8.68. The summed E-state index contributed by atoms with van der Waals surface area (Å²) in [6.07, 6.45) is 5.65. The van der Waals surface area contributed by atoms with Gasteiger partial charge in [0.15, 0.2) is 11.4 Å². The Balaban J connectivity index is 1.75. The predicted molar refractivity (Wildman–Crippen MR) is 125 cm³/mol. The number of nitrogen functional groups attached to an aromatic ring is 1. The van der Waals surface area contributed by atoms with E-state index in [1.807, 2.05) is 26.2 Å². The molecule has 2 aromatic heterocycles. The fraction of sp³-hybridized carbons (Fsp3) is 0.417. The number of carbonyl (C=O) groups is 1. The molecule has 0 atom stereocenters. The van der Waals surface area contributed by atoms with Crippen molar-refractivity contribution < 1.29 is 4.79 Å². The topological polar surface area (TPSA) is 88.2 Å². The Hall–Kier alpha value is -3.22. The van der Waals surface area contributed by atoms with Crippen LogP contribution in [-0.4, -0.2) is 47.9 Å². The van der Waals surface area contributed by atoms with Crippen LogP contribution in [0.25, 0.3) is 22.2 Å². The van der Waals surface area contributed by atoms with Gasteiger partial charge in [-0.1, -0.05) is 12.1 Å². The van der Waals surface area contributed by atoms with Crippen LogP contribution in [0.1, 0.15) is 48.2 Å². The SMILES string of the molecule is CN(C)c1ccc(-c2c3c(nc4nc(N5CCCCC5)nc(N)c24)CCCC3=O)cc1. The number of ketones is 1. The second kappa shape index (κ2) is 7.80. The fourth-order valence-electron chi connectivity index (χ4n) is 4.70. The number of anilines is 3. The number of aromatic nitrogens is 3. The van der Waals surface area contributed by atoms with E-state index < -0.39 is 0 Å². The Morgan fingerprint density at radius 1 is 0.903 bits per heavy atom. The predicted octanol–water partition coefficient (Wildman–Crippen LogP) is 3.85. The summed E-state index contributed by atoms with van der Waals surface area (Å²) in [7, 11) is 4.02. The first kappa shape index (κ1) is 19.7. The highest BCUT2D eigenvalue weighted by molar-refractivity contribution is 6.13. The van der Waals surface area contributed by atoms with Gasteiger partial charge in [0, 0.05) is 50.4 Å². The number of piperidine rings is 1. The number of nitrogens with zero attached hydrogens (tertiary/aromatic N) is 5. The maximum atomic E-state index is 13.0. The summed E-state index contributed by atoms with van der Waals surface area (Å²) in [6.45, 7) is 1.88. The number of nitrogens with two attached hydrogens (primary N) is 1. The van der Waals surface area contributed by atoms with Crippen LogP contribution >= 0.6 is 0 Å². The highest BCUT2D eigenvalue weighted by Gasteiger charge is 2.28. The molecule has 0 amide bonds. The molecule has 7 nitrogen and oxygen atoms in total. The molecule has 3 heterocycles. The van der Waals surface area contributed by atoms with E-state index in [-0.39, 0.29) is 5.78 Å². The van der Waals surface area contributed by atoms with Gasteiger partial charge in [-0.25, -0.2) is 4.98 Å². The fourth-order valence-corrected chi connectivity index (χ4v) is 4.70. The van der Waals surface area contributed by atoms with E-state index >= 15 is 0 Å². The summed E-state index contributed by atoms with van der Waals surface area (Å²) in [5.74, 6) is 1.17. The van der Waals surface area contributed by atoms with E-state index in [0.29, 0.717) is 34.8 Å². The molecule has 1 aliphatic carbocycles. The van der Waals surface area contributed by atoms with Crippen LogP contribution in [0.4, 0.5) is 17.5 Å². The third-order valence-corrected chi connectivity index (χ3v) is 6.34. The van der Waals surface area contributed by atoms with Crippen LogP contribution < -0.4 is 15.5 Å². The molecule has 0 radical (unpaired) electrons. The van der Waals surface area contributed by atoms with Crippen molar-refractivity contribution in [2.75, 3.05) is 42.7 Å². The molecule has 1 aliphatic heterocycles. The molecule has 1 aromatic carbocycles. The molecule has 160 valence electrons. The number of Topliss-reactive ketones (excluding diaryl/α,β-unsaturated/α-hetero) is 1. The van der Waals surface area contributed by atoms with Gasteiger partial charge in [0.25, 0.3) is 0 Å². The van der Waals surface area contributed by atoms with Gasteiger partial charge in [0.05, 0.1) is 11.1 Å². The molecule has 31 heavy (non-hydrogen) atoms. The van der Waals surface area contributed by atoms with Gasteiger partial charge >= 0.3 is 0 Å². The minimum Gasteiger partial charge on any atom is -0.383 e. The van der Waals surface area contributed by atoms with Gasteiger partial charge in [0.2, 0.25) is 5.95 Å². The molecule has 1 saturated heterocycles. The van der Waals surface area contributed by atoms with E-state index in [0.717, 1.165) is 61.3 Å². The Kier molecular flexibility index (Phi) is 4.96. The summed E-state index contributed by atoms with van der Waals surface area (Å²) in [5.41, 5.74) is 11.5. The second-order valence-electron chi connectivity index (χ2n) is 8.68. The Morgan fingerprint density at radius 3 is 2.35 bits per heavy atom. The summed E-state index contributed by atoms with van der Waals surface area (Å²) < 4.78 is 0. The van der Waals surface area contributed by atoms with Gasteiger partial charge in [-0.15, -0.1) is 0 Å². The number of carbonyl (C=O) groups excluding carboxylic acids is 1. The largest absolute Gasteiger partial charge is 0.383 e. The van der Waals surface area contributed by atoms with E-state index in [1.54, 1.807) is 0 Å². The molecule has 0 bridgehead atoms. The van der Waals surface area contributed by atoms with Crippen LogP contribution in [0.2, 0.25) is 0 Å². The van der Waals surface area contributed by atoms with Gasteiger partial charge in [-0.05, 0) is 49.8 Å². The molecule has 0 spiro atoms. The summed E-state index contributed by atoms with van der Waals surface area (Å²) in [6, 6.07) is 8.20. The monoisotopic (exact) mass is 416 g/mol. The number of pyridine rings is 1. The number of rotatable bonds is 3. The number of hydrogen-bond donors (Lipinski definition) is 1. The molecular formula is C24H28N6O. The maximum Gasteiger partial charge on any atom is 0.229 e. The zero-order chi connectivity index (χ0) is 21.5. The first-order valence-corrected chi connectivity index (χ1v) is 11.1. The van der Waals surface area contributed by atoms with E-state index in [9.17, 15) is 4.79 Å². The highest BCUT2D eigenvalue weighted by Crippen LogP contribution is 2.39. The number of aryl methyl sites for hydroxylation is 1. The molecule has 7 heteroatoms. The van der Waals surface area contributed by atoms with Gasteiger partial charge in [-0.3, -0.25) is 4.79 Å². The lowest BCUT2D eigenvalue weighted by molar-refractivity contribution is 0.0972. The van der Waals surface area contributed by atoms with E-state index in [4.69, 9.17) is 15.7 Å². The Morgan fingerprint density at radius 2 is 1.65 bits per heavy atom. The number of benzene rings is 1. The van der Waals surface area contributed by atoms with Crippen molar-refractivity contribution in [2.24, 2.45) is 0 Å². The van der Waals surface area contributed by atoms with E-state index in [2.05, 4.69) is 26.9 Å². The van der Waals surface area contributed by atoms with Crippen molar-refractivity contribution in [1.82, 2.24) is 15.0 Å². The quantitative estimate of drug-likeness (QED) is 0.694. The third-order valence-electron chi connectivity index (χ3n) is 6.34. The molecule has 2 aliphatic rings. The van der Waals surface area contributed by atoms with Crippen molar-refractivity contribution in [3.8, 4) is 11.1 Å². The molecule has 0 unspecified atom stereocenters. The molecule has 5 rings (SSSR count). The van der Waals surface area contributed by atoms with Gasteiger partial charge in [0.1, 0.15) is 5.82 Å². The lowest BCUT2D eigenvalue weighted by atomic mass is 9.86. The molecule has 1 fully saturated rings. The highest BCUT2D eigenvalue weighted by atomic mass is 16.1. The standard InChI is InChI=1S/C24H28N6O/c1-29(2)16-11-9-15(10-12-16)19-20-17(7-6-8-18(20)31)26-23-21(19)22(25)27-24(28-23)30-13-4-3-5-14-30/h9-12H,3-8,13-14H2,1-2H3,(H2,25,26,27,28). The van der Waals surface area contributed by atoms with Crippen LogP contribution in [0.15, 0.2) is 24.3 Å². The van der Waals surface area contributed by atoms with Crippen LogP contribution in [0.5, 0.6) is 0 Å².